The molecule has 0 spiro atoms. The van der Waals surface area contributed by atoms with Gasteiger partial charge >= 0.3 is 0 Å². The van der Waals surface area contributed by atoms with Crippen molar-refractivity contribution in [3.05, 3.63) is 77.5 Å². The molecule has 124 valence electrons. The summed E-state index contributed by atoms with van der Waals surface area (Å²) in [6.45, 7) is 0.362. The summed E-state index contributed by atoms with van der Waals surface area (Å²) in [7, 11) is 0. The Hall–Kier alpha value is -2.92. The number of nitrogens with one attached hydrogen (secondary N) is 1. The van der Waals surface area contributed by atoms with Crippen molar-refractivity contribution in [3.63, 3.8) is 0 Å². The highest BCUT2D eigenvalue weighted by atomic mass is 32.1. The molecule has 2 aromatic heterocycles. The zero-order valence-electron chi connectivity index (χ0n) is 13.4. The van der Waals surface area contributed by atoms with Gasteiger partial charge in [0.15, 0.2) is 0 Å². The number of benzene rings is 2. The molecule has 1 amide bonds. The fourth-order valence-electron chi connectivity index (χ4n) is 2.69. The smallest absolute Gasteiger partial charge is 0.236 e. The van der Waals surface area contributed by atoms with Crippen LogP contribution in [-0.2, 0) is 17.8 Å². The van der Waals surface area contributed by atoms with E-state index in [4.69, 9.17) is 4.42 Å². The largest absolute Gasteiger partial charge is 0.443 e. The van der Waals surface area contributed by atoms with Crippen LogP contribution < -0.4 is 5.32 Å². The lowest BCUT2D eigenvalue weighted by atomic mass is 10.0. The summed E-state index contributed by atoms with van der Waals surface area (Å²) in [5.74, 6) is 0.560. The third-order valence-electron chi connectivity index (χ3n) is 3.93. The number of hydrogen-bond acceptors (Lipinski definition) is 4. The molecule has 0 bridgehead atoms. The molecular formula is C20H16N2O2S. The minimum atomic E-state index is -0.0315. The molecule has 2 aromatic carbocycles. The van der Waals surface area contributed by atoms with Gasteiger partial charge in [-0.2, -0.15) is 0 Å². The molecule has 4 nitrogen and oxygen atoms in total. The number of hydrogen-bond donors (Lipinski definition) is 1. The van der Waals surface area contributed by atoms with Gasteiger partial charge in [0.05, 0.1) is 23.5 Å². The Morgan fingerprint density at radius 2 is 1.96 bits per heavy atom. The number of aromatic nitrogens is 1. The van der Waals surface area contributed by atoms with E-state index in [1.54, 1.807) is 17.6 Å². The van der Waals surface area contributed by atoms with Crippen LogP contribution in [0.1, 0.15) is 11.3 Å². The lowest BCUT2D eigenvalue weighted by Crippen LogP contribution is -2.24. The molecule has 0 atom stereocenters. The Kier molecular flexibility index (Phi) is 4.31. The van der Waals surface area contributed by atoms with Crippen molar-refractivity contribution in [2.75, 3.05) is 0 Å². The molecule has 4 rings (SSSR count). The second kappa shape index (κ2) is 6.91. The second-order valence-electron chi connectivity index (χ2n) is 5.76. The molecule has 2 heterocycles. The van der Waals surface area contributed by atoms with Crippen LogP contribution in [0.25, 0.3) is 21.5 Å². The maximum Gasteiger partial charge on any atom is 0.236 e. The fraction of sp³-hybridized carbons (Fsp3) is 0.100. The van der Waals surface area contributed by atoms with E-state index in [-0.39, 0.29) is 5.91 Å². The monoisotopic (exact) mass is 348 g/mol. The van der Waals surface area contributed by atoms with Crippen molar-refractivity contribution in [2.45, 2.75) is 13.0 Å². The standard InChI is InChI=1S/C20H16N2O2S/c23-19(11-14-7-8-15-4-1-2-5-16(15)10-14)21-12-17-13-24-20(22-17)18-6-3-9-25-18/h1-10,13H,11-12H2,(H,21,23). The summed E-state index contributed by atoms with van der Waals surface area (Å²) >= 11 is 1.57. The van der Waals surface area contributed by atoms with Crippen molar-refractivity contribution in [1.29, 1.82) is 0 Å². The Morgan fingerprint density at radius 3 is 2.80 bits per heavy atom. The van der Waals surface area contributed by atoms with E-state index in [0.717, 1.165) is 21.5 Å². The van der Waals surface area contributed by atoms with Gasteiger partial charge in [0.1, 0.15) is 6.26 Å². The van der Waals surface area contributed by atoms with Crippen LogP contribution in [0.4, 0.5) is 0 Å². The lowest BCUT2D eigenvalue weighted by Gasteiger charge is -2.05. The first-order valence-electron chi connectivity index (χ1n) is 8.00. The highest BCUT2D eigenvalue weighted by Gasteiger charge is 2.09. The minimum Gasteiger partial charge on any atom is -0.443 e. The average Bonchev–Trinajstić information content (AvgIpc) is 3.31. The average molecular weight is 348 g/mol. The zero-order chi connectivity index (χ0) is 17.1. The van der Waals surface area contributed by atoms with Gasteiger partial charge in [-0.25, -0.2) is 4.98 Å². The van der Waals surface area contributed by atoms with Crippen molar-refractivity contribution >= 4 is 28.0 Å². The highest BCUT2D eigenvalue weighted by Crippen LogP contribution is 2.23. The molecule has 0 saturated heterocycles. The van der Waals surface area contributed by atoms with Gasteiger partial charge in [-0.3, -0.25) is 4.79 Å². The van der Waals surface area contributed by atoms with Crippen LogP contribution in [0, 0.1) is 0 Å². The summed E-state index contributed by atoms with van der Waals surface area (Å²) in [6.07, 6.45) is 1.94. The van der Waals surface area contributed by atoms with Crippen LogP contribution in [0.15, 0.2) is 70.7 Å². The minimum absolute atomic E-state index is 0.0315. The number of thiophene rings is 1. The third-order valence-corrected chi connectivity index (χ3v) is 4.79. The predicted molar refractivity (Wildman–Crippen MR) is 99.3 cm³/mol. The van der Waals surface area contributed by atoms with Crippen molar-refractivity contribution in [1.82, 2.24) is 10.3 Å². The third kappa shape index (κ3) is 3.61. The van der Waals surface area contributed by atoms with Gasteiger partial charge in [-0.1, -0.05) is 48.5 Å². The van der Waals surface area contributed by atoms with Gasteiger partial charge in [-0.15, -0.1) is 11.3 Å². The number of fused-ring (bicyclic) bond motifs is 1. The van der Waals surface area contributed by atoms with Gasteiger partial charge in [0, 0.05) is 0 Å². The Balaban J connectivity index is 1.37. The van der Waals surface area contributed by atoms with Crippen molar-refractivity contribution in [2.24, 2.45) is 0 Å². The van der Waals surface area contributed by atoms with Crippen LogP contribution in [0.3, 0.4) is 0 Å². The number of nitrogens with zero attached hydrogens (tertiary/aromatic N) is 1. The molecule has 0 radical (unpaired) electrons. The predicted octanol–water partition coefficient (Wildman–Crippen LogP) is 4.42. The first kappa shape index (κ1) is 15.6. The van der Waals surface area contributed by atoms with Gasteiger partial charge in [0.25, 0.3) is 0 Å². The summed E-state index contributed by atoms with van der Waals surface area (Å²) in [5, 5.41) is 7.19. The number of carbonyl (C=O) groups excluding carboxylic acids is 1. The van der Waals surface area contributed by atoms with E-state index in [1.165, 1.54) is 5.39 Å². The first-order valence-corrected chi connectivity index (χ1v) is 8.88. The Labute approximate surface area is 149 Å². The van der Waals surface area contributed by atoms with E-state index >= 15 is 0 Å². The molecule has 0 fully saturated rings. The number of rotatable bonds is 5. The molecule has 5 heteroatoms. The maximum absolute atomic E-state index is 12.2. The normalized spacial score (nSPS) is 10.9. The Morgan fingerprint density at radius 1 is 1.08 bits per heavy atom. The molecule has 0 aliphatic heterocycles. The van der Waals surface area contributed by atoms with E-state index in [1.807, 2.05) is 41.8 Å². The van der Waals surface area contributed by atoms with Crippen LogP contribution in [-0.4, -0.2) is 10.9 Å². The second-order valence-corrected chi connectivity index (χ2v) is 6.70. The molecule has 1 N–H and O–H groups in total. The summed E-state index contributed by atoms with van der Waals surface area (Å²) in [4.78, 5) is 17.6. The summed E-state index contributed by atoms with van der Waals surface area (Å²) < 4.78 is 5.46. The van der Waals surface area contributed by atoms with Gasteiger partial charge < -0.3 is 9.73 Å². The molecule has 25 heavy (non-hydrogen) atoms. The Bertz CT molecular complexity index is 1010. The quantitative estimate of drug-likeness (QED) is 0.581. The molecule has 0 aliphatic rings. The molecule has 4 aromatic rings. The van der Waals surface area contributed by atoms with Gasteiger partial charge in [-0.05, 0) is 27.8 Å². The summed E-state index contributed by atoms with van der Waals surface area (Å²) in [6, 6.07) is 18.1. The van der Waals surface area contributed by atoms with Crippen LogP contribution in [0.2, 0.25) is 0 Å². The topological polar surface area (TPSA) is 55.1 Å². The zero-order valence-corrected chi connectivity index (χ0v) is 14.3. The summed E-state index contributed by atoms with van der Waals surface area (Å²) in [5.41, 5.74) is 1.71. The molecule has 0 aliphatic carbocycles. The van der Waals surface area contributed by atoms with Crippen molar-refractivity contribution in [3.8, 4) is 10.8 Å². The molecule has 0 saturated carbocycles. The fourth-order valence-corrected chi connectivity index (χ4v) is 3.34. The maximum atomic E-state index is 12.2. The van der Waals surface area contributed by atoms with Crippen LogP contribution >= 0.6 is 11.3 Å². The number of oxazole rings is 1. The number of amides is 1. The van der Waals surface area contributed by atoms with E-state index in [0.29, 0.717) is 18.9 Å². The van der Waals surface area contributed by atoms with E-state index < -0.39 is 0 Å². The highest BCUT2D eigenvalue weighted by molar-refractivity contribution is 7.13. The first-order chi connectivity index (χ1) is 12.3. The molecule has 0 unspecified atom stereocenters. The van der Waals surface area contributed by atoms with Crippen LogP contribution in [0.5, 0.6) is 0 Å². The van der Waals surface area contributed by atoms with Crippen molar-refractivity contribution < 1.29 is 9.21 Å². The van der Waals surface area contributed by atoms with Gasteiger partial charge in [0.2, 0.25) is 11.8 Å². The SMILES string of the molecule is O=C(Cc1ccc2ccccc2c1)NCc1coc(-c2cccs2)n1. The molecular weight excluding hydrogens is 332 g/mol. The van der Waals surface area contributed by atoms with E-state index in [9.17, 15) is 4.79 Å². The number of carbonyl (C=O) groups is 1. The van der Waals surface area contributed by atoms with E-state index in [2.05, 4.69) is 28.5 Å². The lowest BCUT2D eigenvalue weighted by molar-refractivity contribution is -0.120.